The van der Waals surface area contributed by atoms with Crippen molar-refractivity contribution in [1.82, 2.24) is 9.97 Å². The number of hydrogen-bond acceptors (Lipinski definition) is 4. The van der Waals surface area contributed by atoms with Crippen molar-refractivity contribution >= 4 is 11.6 Å². The van der Waals surface area contributed by atoms with Crippen LogP contribution in [0.5, 0.6) is 5.88 Å². The molecular weight excluding hydrogens is 204 g/mol. The van der Waals surface area contributed by atoms with E-state index in [4.69, 9.17) is 21.1 Å². The molecule has 0 aliphatic carbocycles. The van der Waals surface area contributed by atoms with Crippen molar-refractivity contribution in [3.05, 3.63) is 17.5 Å². The Morgan fingerprint density at radius 3 is 3.21 bits per heavy atom. The van der Waals surface area contributed by atoms with Crippen LogP contribution in [0.4, 0.5) is 0 Å². The summed E-state index contributed by atoms with van der Waals surface area (Å²) >= 11 is 5.66. The Kier molecular flexibility index (Phi) is 3.16. The maximum atomic E-state index is 5.66. The molecule has 1 unspecified atom stereocenters. The van der Waals surface area contributed by atoms with Gasteiger partial charge in [-0.05, 0) is 6.42 Å². The molecule has 5 heteroatoms. The van der Waals surface area contributed by atoms with Gasteiger partial charge in [0.2, 0.25) is 5.88 Å². The van der Waals surface area contributed by atoms with Gasteiger partial charge < -0.3 is 9.47 Å². The Morgan fingerprint density at radius 2 is 2.50 bits per heavy atom. The molecule has 1 aromatic heterocycles. The zero-order chi connectivity index (χ0) is 9.80. The number of nitrogens with zero attached hydrogens (tertiary/aromatic N) is 2. The van der Waals surface area contributed by atoms with Crippen LogP contribution in [0.25, 0.3) is 0 Å². The van der Waals surface area contributed by atoms with Gasteiger partial charge in [-0.25, -0.2) is 0 Å². The third-order valence-electron chi connectivity index (χ3n) is 2.07. The van der Waals surface area contributed by atoms with E-state index in [0.717, 1.165) is 19.6 Å². The van der Waals surface area contributed by atoms with Crippen molar-refractivity contribution in [2.45, 2.75) is 6.42 Å². The average molecular weight is 215 g/mol. The number of ether oxygens (including phenoxy) is 2. The van der Waals surface area contributed by atoms with Crippen molar-refractivity contribution < 1.29 is 9.47 Å². The first-order valence-corrected chi connectivity index (χ1v) is 4.90. The van der Waals surface area contributed by atoms with Crippen molar-refractivity contribution in [1.29, 1.82) is 0 Å². The van der Waals surface area contributed by atoms with E-state index < -0.39 is 0 Å². The molecule has 2 heterocycles. The first kappa shape index (κ1) is 9.68. The van der Waals surface area contributed by atoms with Gasteiger partial charge in [-0.1, -0.05) is 11.6 Å². The lowest BCUT2D eigenvalue weighted by molar-refractivity contribution is 0.165. The zero-order valence-corrected chi connectivity index (χ0v) is 8.41. The maximum absolute atomic E-state index is 5.66. The normalized spacial score (nSPS) is 21.1. The van der Waals surface area contributed by atoms with Crippen molar-refractivity contribution in [3.8, 4) is 5.88 Å². The third kappa shape index (κ3) is 2.56. The Morgan fingerprint density at radius 1 is 1.57 bits per heavy atom. The van der Waals surface area contributed by atoms with Crippen LogP contribution in [0.2, 0.25) is 5.15 Å². The highest BCUT2D eigenvalue weighted by Crippen LogP contribution is 2.15. The van der Waals surface area contributed by atoms with Gasteiger partial charge in [-0.2, -0.15) is 4.98 Å². The molecule has 76 valence electrons. The zero-order valence-electron chi connectivity index (χ0n) is 7.65. The summed E-state index contributed by atoms with van der Waals surface area (Å²) in [5.41, 5.74) is 0. The molecular formula is C9H11ClN2O2. The Bertz CT molecular complexity index is 303. The summed E-state index contributed by atoms with van der Waals surface area (Å²) in [5, 5.41) is 0.352. The summed E-state index contributed by atoms with van der Waals surface area (Å²) in [5.74, 6) is 0.945. The van der Waals surface area contributed by atoms with E-state index in [2.05, 4.69) is 9.97 Å². The van der Waals surface area contributed by atoms with Gasteiger partial charge in [0.05, 0.1) is 25.6 Å². The number of halogens is 1. The Hall–Kier alpha value is -0.870. The highest BCUT2D eigenvalue weighted by molar-refractivity contribution is 6.29. The van der Waals surface area contributed by atoms with Crippen LogP contribution >= 0.6 is 11.6 Å². The van der Waals surface area contributed by atoms with Crippen LogP contribution in [-0.4, -0.2) is 29.8 Å². The summed E-state index contributed by atoms with van der Waals surface area (Å²) in [6, 6.07) is 0. The van der Waals surface area contributed by atoms with Crippen molar-refractivity contribution in [3.63, 3.8) is 0 Å². The summed E-state index contributed by atoms with van der Waals surface area (Å²) < 4.78 is 10.7. The fourth-order valence-electron chi connectivity index (χ4n) is 1.31. The molecule has 1 saturated heterocycles. The topological polar surface area (TPSA) is 44.2 Å². The fraction of sp³-hybridized carbons (Fsp3) is 0.556. The lowest BCUT2D eigenvalue weighted by Gasteiger charge is -2.08. The molecule has 0 aromatic carbocycles. The fourth-order valence-corrected chi connectivity index (χ4v) is 1.45. The molecule has 1 aliphatic rings. The molecule has 0 bridgehead atoms. The Balaban J connectivity index is 1.85. The van der Waals surface area contributed by atoms with Gasteiger partial charge in [-0.3, -0.25) is 4.98 Å². The summed E-state index contributed by atoms with van der Waals surface area (Å²) in [4.78, 5) is 7.85. The van der Waals surface area contributed by atoms with Gasteiger partial charge in [0.1, 0.15) is 0 Å². The van der Waals surface area contributed by atoms with Crippen LogP contribution in [-0.2, 0) is 4.74 Å². The molecule has 2 rings (SSSR count). The summed E-state index contributed by atoms with van der Waals surface area (Å²) in [6.07, 6.45) is 4.09. The van der Waals surface area contributed by atoms with E-state index in [-0.39, 0.29) is 0 Å². The minimum Gasteiger partial charge on any atom is -0.476 e. The SMILES string of the molecule is Clc1cncc(OCC2CCOC2)n1. The van der Waals surface area contributed by atoms with E-state index in [1.54, 1.807) is 6.20 Å². The van der Waals surface area contributed by atoms with E-state index in [1.165, 1.54) is 6.20 Å². The van der Waals surface area contributed by atoms with Gasteiger partial charge in [0.25, 0.3) is 0 Å². The predicted octanol–water partition coefficient (Wildman–Crippen LogP) is 1.55. The second kappa shape index (κ2) is 4.57. The van der Waals surface area contributed by atoms with E-state index >= 15 is 0 Å². The number of rotatable bonds is 3. The molecule has 0 radical (unpaired) electrons. The molecule has 0 saturated carbocycles. The quantitative estimate of drug-likeness (QED) is 0.766. The highest BCUT2D eigenvalue weighted by Gasteiger charge is 2.16. The smallest absolute Gasteiger partial charge is 0.233 e. The highest BCUT2D eigenvalue weighted by atomic mass is 35.5. The first-order valence-electron chi connectivity index (χ1n) is 4.52. The monoisotopic (exact) mass is 214 g/mol. The largest absolute Gasteiger partial charge is 0.476 e. The molecule has 1 aromatic rings. The minimum atomic E-state index is 0.352. The molecule has 1 fully saturated rings. The molecule has 0 amide bonds. The van der Waals surface area contributed by atoms with Crippen LogP contribution < -0.4 is 4.74 Å². The van der Waals surface area contributed by atoms with Crippen LogP contribution in [0.15, 0.2) is 12.4 Å². The average Bonchev–Trinajstić information content (AvgIpc) is 2.67. The second-order valence-corrected chi connectivity index (χ2v) is 3.61. The number of aromatic nitrogens is 2. The molecule has 0 N–H and O–H groups in total. The van der Waals surface area contributed by atoms with Gasteiger partial charge in [0.15, 0.2) is 5.15 Å². The lowest BCUT2D eigenvalue weighted by Crippen LogP contribution is -2.12. The standard InChI is InChI=1S/C9H11ClN2O2/c10-8-3-11-4-9(12-8)14-6-7-1-2-13-5-7/h3-4,7H,1-2,5-6H2. The van der Waals surface area contributed by atoms with Gasteiger partial charge >= 0.3 is 0 Å². The van der Waals surface area contributed by atoms with E-state index in [0.29, 0.717) is 23.6 Å². The lowest BCUT2D eigenvalue weighted by atomic mass is 10.1. The number of hydrogen-bond donors (Lipinski definition) is 0. The predicted molar refractivity (Wildman–Crippen MR) is 51.5 cm³/mol. The van der Waals surface area contributed by atoms with Crippen molar-refractivity contribution in [2.75, 3.05) is 19.8 Å². The second-order valence-electron chi connectivity index (χ2n) is 3.22. The molecule has 4 nitrogen and oxygen atoms in total. The molecule has 1 atom stereocenters. The Labute approximate surface area is 87.2 Å². The van der Waals surface area contributed by atoms with Gasteiger partial charge in [-0.15, -0.1) is 0 Å². The van der Waals surface area contributed by atoms with Gasteiger partial charge in [0, 0.05) is 12.5 Å². The third-order valence-corrected chi connectivity index (χ3v) is 2.26. The van der Waals surface area contributed by atoms with E-state index in [1.807, 2.05) is 0 Å². The first-order chi connectivity index (χ1) is 6.84. The molecule has 14 heavy (non-hydrogen) atoms. The van der Waals surface area contributed by atoms with Crippen LogP contribution in [0.3, 0.4) is 0 Å². The summed E-state index contributed by atoms with van der Waals surface area (Å²) in [7, 11) is 0. The van der Waals surface area contributed by atoms with Crippen molar-refractivity contribution in [2.24, 2.45) is 5.92 Å². The van der Waals surface area contributed by atoms with E-state index in [9.17, 15) is 0 Å². The summed E-state index contributed by atoms with van der Waals surface area (Å²) in [6.45, 7) is 2.22. The molecule has 0 spiro atoms. The maximum Gasteiger partial charge on any atom is 0.233 e. The minimum absolute atomic E-state index is 0.352. The van der Waals surface area contributed by atoms with Crippen LogP contribution in [0, 0.1) is 5.92 Å². The molecule has 1 aliphatic heterocycles. The van der Waals surface area contributed by atoms with Crippen LogP contribution in [0.1, 0.15) is 6.42 Å².